The molecule has 0 aliphatic heterocycles. The first kappa shape index (κ1) is 15.1. The number of nitrogens with zero attached hydrogens (tertiary/aromatic N) is 2. The van der Waals surface area contributed by atoms with Gasteiger partial charge < -0.3 is 10.1 Å². The summed E-state index contributed by atoms with van der Waals surface area (Å²) in [6.07, 6.45) is 2.62. The largest absolute Gasteiger partial charge is 0.491 e. The first-order valence-electron chi connectivity index (χ1n) is 6.75. The maximum Gasteiger partial charge on any atom is 0.142 e. The third kappa shape index (κ3) is 4.07. The van der Waals surface area contributed by atoms with Crippen LogP contribution in [0.15, 0.2) is 35.8 Å². The van der Waals surface area contributed by atoms with Crippen molar-refractivity contribution in [1.82, 2.24) is 4.98 Å². The number of nitriles is 1. The highest BCUT2D eigenvalue weighted by Gasteiger charge is 2.06. The van der Waals surface area contributed by atoms with Crippen molar-refractivity contribution in [3.05, 3.63) is 46.5 Å². The van der Waals surface area contributed by atoms with Crippen LogP contribution in [0.25, 0.3) is 5.57 Å². The summed E-state index contributed by atoms with van der Waals surface area (Å²) >= 11 is 1.46. The average Bonchev–Trinajstić information content (AvgIpc) is 2.93. The minimum atomic E-state index is 0.512. The number of aryl methyl sites for hydroxylation is 1. The molecule has 21 heavy (non-hydrogen) atoms. The normalized spacial score (nSPS) is 11.0. The number of allylic oxidation sites excluding steroid dienone is 1. The van der Waals surface area contributed by atoms with E-state index in [4.69, 9.17) is 4.74 Å². The molecular formula is C16H17N3OS. The summed E-state index contributed by atoms with van der Waals surface area (Å²) in [4.78, 5) is 4.32. The van der Waals surface area contributed by atoms with Crippen LogP contribution in [0.4, 0.5) is 5.69 Å². The Labute approximate surface area is 128 Å². The van der Waals surface area contributed by atoms with Crippen LogP contribution in [0.5, 0.6) is 5.75 Å². The molecule has 0 unspecified atom stereocenters. The number of para-hydroxylation sites is 2. The minimum absolute atomic E-state index is 0.512. The van der Waals surface area contributed by atoms with Crippen LogP contribution in [-0.4, -0.2) is 11.6 Å². The van der Waals surface area contributed by atoms with E-state index in [1.165, 1.54) is 11.3 Å². The van der Waals surface area contributed by atoms with E-state index in [0.29, 0.717) is 12.2 Å². The Balaban J connectivity index is 2.17. The molecule has 5 heteroatoms. The van der Waals surface area contributed by atoms with Gasteiger partial charge in [0.1, 0.15) is 22.4 Å². The van der Waals surface area contributed by atoms with E-state index in [1.54, 1.807) is 6.20 Å². The first-order valence-corrected chi connectivity index (χ1v) is 7.63. The van der Waals surface area contributed by atoms with E-state index in [9.17, 15) is 5.26 Å². The molecule has 0 aliphatic rings. The van der Waals surface area contributed by atoms with Gasteiger partial charge in [0, 0.05) is 17.3 Å². The molecule has 108 valence electrons. The predicted molar refractivity (Wildman–Crippen MR) is 86.3 cm³/mol. The molecule has 0 fully saturated rings. The SMILES string of the molecule is CCCOc1ccccc1N/C=C(\C#N)c1nc(C)cs1. The van der Waals surface area contributed by atoms with Crippen molar-refractivity contribution in [3.8, 4) is 11.8 Å². The molecule has 0 radical (unpaired) electrons. The molecule has 4 nitrogen and oxygen atoms in total. The fraction of sp³-hybridized carbons (Fsp3) is 0.250. The van der Waals surface area contributed by atoms with Gasteiger partial charge in [-0.15, -0.1) is 11.3 Å². The Morgan fingerprint density at radius 1 is 1.48 bits per heavy atom. The summed E-state index contributed by atoms with van der Waals surface area (Å²) in [7, 11) is 0. The maximum atomic E-state index is 9.25. The summed E-state index contributed by atoms with van der Waals surface area (Å²) in [5, 5.41) is 15.0. The van der Waals surface area contributed by atoms with Crippen LogP contribution in [0, 0.1) is 18.3 Å². The lowest BCUT2D eigenvalue weighted by Gasteiger charge is -2.10. The Morgan fingerprint density at radius 3 is 2.95 bits per heavy atom. The van der Waals surface area contributed by atoms with Gasteiger partial charge in [0.2, 0.25) is 0 Å². The fourth-order valence-electron chi connectivity index (χ4n) is 1.69. The minimum Gasteiger partial charge on any atom is -0.491 e. The van der Waals surface area contributed by atoms with Gasteiger partial charge in [-0.1, -0.05) is 19.1 Å². The second-order valence-corrected chi connectivity index (χ2v) is 5.31. The average molecular weight is 299 g/mol. The van der Waals surface area contributed by atoms with Crippen molar-refractivity contribution in [2.75, 3.05) is 11.9 Å². The van der Waals surface area contributed by atoms with E-state index in [1.807, 2.05) is 36.6 Å². The van der Waals surface area contributed by atoms with Gasteiger partial charge in [-0.05, 0) is 25.5 Å². The molecule has 2 rings (SSSR count). The summed E-state index contributed by atoms with van der Waals surface area (Å²) in [6.45, 7) is 4.64. The Kier molecular flexibility index (Phi) is 5.35. The standard InChI is InChI=1S/C16H17N3OS/c1-3-8-20-15-7-5-4-6-14(15)18-10-13(9-17)16-19-12(2)11-21-16/h4-7,10-11,18H,3,8H2,1-2H3/b13-10+. The maximum absolute atomic E-state index is 9.25. The quantitative estimate of drug-likeness (QED) is 0.811. The second kappa shape index (κ2) is 7.46. The highest BCUT2D eigenvalue weighted by molar-refractivity contribution is 7.10. The summed E-state index contributed by atoms with van der Waals surface area (Å²) in [5.41, 5.74) is 2.27. The van der Waals surface area contributed by atoms with E-state index < -0.39 is 0 Å². The molecule has 0 aliphatic carbocycles. The van der Waals surface area contributed by atoms with E-state index in [2.05, 4.69) is 23.3 Å². The zero-order valence-corrected chi connectivity index (χ0v) is 12.9. The Bertz CT molecular complexity index is 670. The van der Waals surface area contributed by atoms with Gasteiger partial charge >= 0.3 is 0 Å². The molecule has 0 spiro atoms. The monoisotopic (exact) mass is 299 g/mol. The molecule has 1 aromatic heterocycles. The lowest BCUT2D eigenvalue weighted by atomic mass is 10.2. The lowest BCUT2D eigenvalue weighted by molar-refractivity contribution is 0.319. The van der Waals surface area contributed by atoms with Crippen LogP contribution in [-0.2, 0) is 0 Å². The second-order valence-electron chi connectivity index (χ2n) is 4.45. The number of rotatable bonds is 6. The van der Waals surface area contributed by atoms with Crippen molar-refractivity contribution in [1.29, 1.82) is 5.26 Å². The molecule has 1 N–H and O–H groups in total. The number of anilines is 1. The van der Waals surface area contributed by atoms with E-state index >= 15 is 0 Å². The molecule has 0 bridgehead atoms. The predicted octanol–water partition coefficient (Wildman–Crippen LogP) is 4.22. The highest BCUT2D eigenvalue weighted by atomic mass is 32.1. The topological polar surface area (TPSA) is 57.9 Å². The lowest BCUT2D eigenvalue weighted by Crippen LogP contribution is -1.99. The smallest absolute Gasteiger partial charge is 0.142 e. The molecule has 1 heterocycles. The summed E-state index contributed by atoms with van der Waals surface area (Å²) in [6, 6.07) is 9.85. The first-order chi connectivity index (χ1) is 10.2. The Morgan fingerprint density at radius 2 is 2.29 bits per heavy atom. The number of nitrogens with one attached hydrogen (secondary N) is 1. The summed E-state index contributed by atoms with van der Waals surface area (Å²) in [5.74, 6) is 0.781. The van der Waals surface area contributed by atoms with Gasteiger partial charge in [-0.2, -0.15) is 5.26 Å². The number of hydrogen-bond acceptors (Lipinski definition) is 5. The molecule has 2 aromatic rings. The number of thiazole rings is 1. The molecule has 0 saturated heterocycles. The molecule has 0 saturated carbocycles. The summed E-state index contributed by atoms with van der Waals surface area (Å²) < 4.78 is 5.67. The van der Waals surface area contributed by atoms with Crippen LogP contribution in [0.1, 0.15) is 24.0 Å². The van der Waals surface area contributed by atoms with Crippen LogP contribution >= 0.6 is 11.3 Å². The Hall–Kier alpha value is -2.32. The van der Waals surface area contributed by atoms with Crippen molar-refractivity contribution in [2.45, 2.75) is 20.3 Å². The van der Waals surface area contributed by atoms with Gasteiger partial charge in [0.25, 0.3) is 0 Å². The molecule has 1 aromatic carbocycles. The third-order valence-electron chi connectivity index (χ3n) is 2.69. The highest BCUT2D eigenvalue weighted by Crippen LogP contribution is 2.25. The number of ether oxygens (including phenoxy) is 1. The van der Waals surface area contributed by atoms with Crippen LogP contribution in [0.3, 0.4) is 0 Å². The van der Waals surface area contributed by atoms with Gasteiger partial charge in [0.15, 0.2) is 0 Å². The number of benzene rings is 1. The van der Waals surface area contributed by atoms with E-state index in [-0.39, 0.29) is 0 Å². The third-order valence-corrected chi connectivity index (χ3v) is 3.68. The van der Waals surface area contributed by atoms with Crippen LogP contribution < -0.4 is 10.1 Å². The fourth-order valence-corrected chi connectivity index (χ4v) is 2.46. The van der Waals surface area contributed by atoms with Crippen molar-refractivity contribution in [3.63, 3.8) is 0 Å². The molecule has 0 amide bonds. The van der Waals surface area contributed by atoms with Crippen LogP contribution in [0.2, 0.25) is 0 Å². The van der Waals surface area contributed by atoms with E-state index in [0.717, 1.165) is 28.6 Å². The molecular weight excluding hydrogens is 282 g/mol. The van der Waals surface area contributed by atoms with Crippen molar-refractivity contribution >= 4 is 22.6 Å². The van der Waals surface area contributed by atoms with Crippen molar-refractivity contribution in [2.24, 2.45) is 0 Å². The molecule has 0 atom stereocenters. The zero-order valence-electron chi connectivity index (χ0n) is 12.1. The van der Waals surface area contributed by atoms with Gasteiger partial charge in [-0.3, -0.25) is 0 Å². The zero-order chi connectivity index (χ0) is 15.1. The van der Waals surface area contributed by atoms with Crippen molar-refractivity contribution < 1.29 is 4.74 Å². The number of aromatic nitrogens is 1. The van der Waals surface area contributed by atoms with Gasteiger partial charge in [0.05, 0.1) is 12.3 Å². The number of hydrogen-bond donors (Lipinski definition) is 1. The van der Waals surface area contributed by atoms with Gasteiger partial charge in [-0.25, -0.2) is 4.98 Å².